The second-order valence-electron chi connectivity index (χ2n) is 5.68. The maximum atomic E-state index is 11.1. The lowest BCUT2D eigenvalue weighted by atomic mass is 10.0. The molecule has 0 aliphatic carbocycles. The average molecular weight is 340 g/mol. The predicted molar refractivity (Wildman–Crippen MR) is 91.0 cm³/mol. The molecule has 5 nitrogen and oxygen atoms in total. The van der Waals surface area contributed by atoms with Gasteiger partial charge in [-0.25, -0.2) is 0 Å². The van der Waals surface area contributed by atoms with Gasteiger partial charge < -0.3 is 5.32 Å². The number of fused-ring (bicyclic) bond motifs is 2. The summed E-state index contributed by atoms with van der Waals surface area (Å²) in [6.45, 7) is 0. The Balaban J connectivity index is 1.80. The number of thioether (sulfide) groups is 1. The van der Waals surface area contributed by atoms with E-state index < -0.39 is 4.92 Å². The van der Waals surface area contributed by atoms with Crippen LogP contribution in [0.15, 0.2) is 29.2 Å². The van der Waals surface area contributed by atoms with Crippen molar-refractivity contribution in [3.63, 3.8) is 0 Å². The van der Waals surface area contributed by atoms with Gasteiger partial charge >= 0.3 is 0 Å². The molecule has 2 aliphatic rings. The van der Waals surface area contributed by atoms with Crippen molar-refractivity contribution in [2.24, 2.45) is 0 Å². The summed E-state index contributed by atoms with van der Waals surface area (Å²) < 4.78 is 0. The molecule has 0 aromatic heterocycles. The Bertz CT molecular complexity index is 621. The Labute approximate surface area is 138 Å². The molecule has 1 aromatic carbocycles. The van der Waals surface area contributed by atoms with Crippen molar-refractivity contribution in [2.45, 2.75) is 35.1 Å². The quantitative estimate of drug-likeness (QED) is 0.514. The molecule has 1 aromatic rings. The van der Waals surface area contributed by atoms with Crippen LogP contribution in [0, 0.1) is 10.1 Å². The van der Waals surface area contributed by atoms with E-state index >= 15 is 0 Å². The minimum Gasteiger partial charge on any atom is -0.381 e. The van der Waals surface area contributed by atoms with Crippen molar-refractivity contribution in [3.8, 4) is 0 Å². The van der Waals surface area contributed by atoms with Crippen molar-refractivity contribution in [3.05, 3.63) is 39.4 Å². The van der Waals surface area contributed by atoms with Crippen molar-refractivity contribution in [2.75, 3.05) is 19.4 Å². The number of nitrogens with zero attached hydrogens (tertiary/aromatic N) is 2. The molecule has 22 heavy (non-hydrogen) atoms. The highest BCUT2D eigenvalue weighted by atomic mass is 35.5. The van der Waals surface area contributed by atoms with Gasteiger partial charge in [-0.3, -0.25) is 15.0 Å². The highest BCUT2D eigenvalue weighted by Crippen LogP contribution is 2.44. The first kappa shape index (κ1) is 15.6. The van der Waals surface area contributed by atoms with Gasteiger partial charge in [-0.1, -0.05) is 23.8 Å². The number of nitrogens with one attached hydrogen (secondary N) is 1. The van der Waals surface area contributed by atoms with Crippen LogP contribution in [0.5, 0.6) is 0 Å². The smallest absolute Gasteiger partial charge is 0.293 e. The van der Waals surface area contributed by atoms with E-state index in [-0.39, 0.29) is 5.69 Å². The Morgan fingerprint density at radius 2 is 2.00 bits per heavy atom. The summed E-state index contributed by atoms with van der Waals surface area (Å²) in [5.41, 5.74) is 0.410. The third-order valence-corrected chi connectivity index (χ3v) is 6.25. The van der Waals surface area contributed by atoms with Gasteiger partial charge in [0.05, 0.1) is 9.95 Å². The lowest BCUT2D eigenvalue weighted by Crippen LogP contribution is -2.41. The fraction of sp³-hybridized carbons (Fsp3) is 0.467. The molecule has 0 spiro atoms. The molecule has 7 heteroatoms. The van der Waals surface area contributed by atoms with Crippen LogP contribution >= 0.6 is 23.4 Å². The summed E-state index contributed by atoms with van der Waals surface area (Å²) in [7, 11) is 3.82. The lowest BCUT2D eigenvalue weighted by Gasteiger charge is -2.36. The normalized spacial score (nSPS) is 27.1. The number of hydrogen-bond donors (Lipinski definition) is 1. The number of nitro benzene ring substituents is 1. The SMILES string of the molecule is CNc1c([N+](=O)[O-])ccc(SC2CC3C=CC(C2)N3C)c1Cl. The summed E-state index contributed by atoms with van der Waals surface area (Å²) in [5.74, 6) is 0. The maximum absolute atomic E-state index is 11.1. The van der Waals surface area contributed by atoms with Crippen molar-refractivity contribution < 1.29 is 4.92 Å². The molecular formula is C15H18ClN3O2S. The number of rotatable bonds is 4. The topological polar surface area (TPSA) is 58.4 Å². The third-order valence-electron chi connectivity index (χ3n) is 4.44. The van der Waals surface area contributed by atoms with Crippen molar-refractivity contribution >= 4 is 34.7 Å². The molecule has 3 rings (SSSR count). The minimum absolute atomic E-state index is 0.0157. The molecule has 2 bridgehead atoms. The zero-order chi connectivity index (χ0) is 15.9. The first-order valence-corrected chi connectivity index (χ1v) is 8.48. The standard InChI is InChI=1S/C15H18ClN3O2S/c1-17-15-12(19(20)21)5-6-13(14(15)16)22-11-7-9-3-4-10(8-11)18(9)2/h3-6,9-11,17H,7-8H2,1-2H3. The van der Waals surface area contributed by atoms with Crippen LogP contribution in [0.3, 0.4) is 0 Å². The van der Waals surface area contributed by atoms with Crippen LogP contribution in [0.4, 0.5) is 11.4 Å². The highest BCUT2D eigenvalue weighted by molar-refractivity contribution is 8.00. The van der Waals surface area contributed by atoms with Gasteiger partial charge in [0.25, 0.3) is 5.69 Å². The van der Waals surface area contributed by atoms with E-state index in [2.05, 4.69) is 29.4 Å². The Morgan fingerprint density at radius 3 is 2.55 bits per heavy atom. The van der Waals surface area contributed by atoms with Gasteiger partial charge in [-0.2, -0.15) is 0 Å². The zero-order valence-corrected chi connectivity index (χ0v) is 14.0. The van der Waals surface area contributed by atoms with Gasteiger partial charge in [0, 0.05) is 35.3 Å². The van der Waals surface area contributed by atoms with Crippen LogP contribution in [-0.4, -0.2) is 41.3 Å². The third kappa shape index (κ3) is 2.71. The second-order valence-corrected chi connectivity index (χ2v) is 7.40. The van der Waals surface area contributed by atoms with E-state index in [0.717, 1.165) is 17.7 Å². The fourth-order valence-corrected chi connectivity index (χ4v) is 4.89. The molecule has 1 saturated heterocycles. The van der Waals surface area contributed by atoms with Crippen LogP contribution in [0.25, 0.3) is 0 Å². The zero-order valence-electron chi connectivity index (χ0n) is 12.5. The molecule has 2 unspecified atom stereocenters. The second kappa shape index (κ2) is 6.10. The predicted octanol–water partition coefficient (Wildman–Crippen LogP) is 3.78. The van der Waals surface area contributed by atoms with E-state index in [4.69, 9.17) is 11.6 Å². The molecular weight excluding hydrogens is 322 g/mol. The number of nitro groups is 1. The van der Waals surface area contributed by atoms with E-state index in [0.29, 0.717) is 28.0 Å². The molecule has 1 N–H and O–H groups in total. The first-order valence-electron chi connectivity index (χ1n) is 7.22. The number of anilines is 1. The highest BCUT2D eigenvalue weighted by Gasteiger charge is 2.35. The van der Waals surface area contributed by atoms with Crippen LogP contribution in [0.2, 0.25) is 5.02 Å². The van der Waals surface area contributed by atoms with Gasteiger partial charge in [0.15, 0.2) is 0 Å². The van der Waals surface area contributed by atoms with Crippen LogP contribution in [-0.2, 0) is 0 Å². The monoisotopic (exact) mass is 339 g/mol. The number of halogens is 1. The van der Waals surface area contributed by atoms with E-state index in [1.54, 1.807) is 24.9 Å². The van der Waals surface area contributed by atoms with E-state index in [1.165, 1.54) is 6.07 Å². The molecule has 2 heterocycles. The van der Waals surface area contributed by atoms with Crippen LogP contribution in [0.1, 0.15) is 12.8 Å². The summed E-state index contributed by atoms with van der Waals surface area (Å²) in [6, 6.07) is 4.29. The first-order chi connectivity index (χ1) is 10.5. The molecule has 0 saturated carbocycles. The van der Waals surface area contributed by atoms with Gasteiger partial charge in [-0.15, -0.1) is 11.8 Å². The maximum Gasteiger partial charge on any atom is 0.293 e. The lowest BCUT2D eigenvalue weighted by molar-refractivity contribution is -0.384. The van der Waals surface area contributed by atoms with Gasteiger partial charge in [-0.05, 0) is 26.0 Å². The molecule has 1 fully saturated rings. The molecule has 118 valence electrons. The Morgan fingerprint density at radius 1 is 1.36 bits per heavy atom. The number of benzene rings is 1. The van der Waals surface area contributed by atoms with Crippen molar-refractivity contribution in [1.29, 1.82) is 0 Å². The van der Waals surface area contributed by atoms with Gasteiger partial charge in [0.1, 0.15) is 5.69 Å². The van der Waals surface area contributed by atoms with Crippen LogP contribution < -0.4 is 5.32 Å². The van der Waals surface area contributed by atoms with E-state index in [1.807, 2.05) is 0 Å². The summed E-state index contributed by atoms with van der Waals surface area (Å²) >= 11 is 8.11. The summed E-state index contributed by atoms with van der Waals surface area (Å²) in [4.78, 5) is 13.9. The Hall–Kier alpha value is -1.24. The number of piperidine rings is 1. The minimum atomic E-state index is -0.411. The fourth-order valence-electron chi connectivity index (χ4n) is 3.20. The Kier molecular flexibility index (Phi) is 4.34. The largest absolute Gasteiger partial charge is 0.381 e. The molecule has 0 radical (unpaired) electrons. The molecule has 2 aliphatic heterocycles. The van der Waals surface area contributed by atoms with E-state index in [9.17, 15) is 10.1 Å². The molecule has 2 atom stereocenters. The summed E-state index contributed by atoms with van der Waals surface area (Å²) in [6.07, 6.45) is 6.72. The average Bonchev–Trinajstić information content (AvgIpc) is 2.71. The number of hydrogen-bond acceptors (Lipinski definition) is 5. The van der Waals surface area contributed by atoms with Gasteiger partial charge in [0.2, 0.25) is 0 Å². The van der Waals surface area contributed by atoms with Crippen molar-refractivity contribution in [1.82, 2.24) is 4.90 Å². The molecule has 0 amide bonds. The summed E-state index contributed by atoms with van der Waals surface area (Å²) in [5, 5.41) is 14.8. The number of likely N-dealkylation sites (N-methyl/N-ethyl adjacent to an activating group) is 1.